The third-order valence-corrected chi connectivity index (χ3v) is 3.84. The summed E-state index contributed by atoms with van der Waals surface area (Å²) >= 11 is 0. The molecule has 0 aliphatic heterocycles. The van der Waals surface area contributed by atoms with Crippen LogP contribution in [0.15, 0.2) is 40.8 Å². The highest BCUT2D eigenvalue weighted by atomic mass is 16.5. The lowest BCUT2D eigenvalue weighted by atomic mass is 9.99. The Morgan fingerprint density at radius 3 is 2.24 bits per heavy atom. The van der Waals surface area contributed by atoms with E-state index in [-0.39, 0.29) is 12.1 Å². The molecular weight excluding hydrogens is 262 g/mol. The zero-order valence-corrected chi connectivity index (χ0v) is 13.3. The Kier molecular flexibility index (Phi) is 5.07. The fourth-order valence-corrected chi connectivity index (χ4v) is 2.29. The van der Waals surface area contributed by atoms with Gasteiger partial charge in [-0.15, -0.1) is 0 Å². The van der Waals surface area contributed by atoms with Gasteiger partial charge in [-0.3, -0.25) is 0 Å². The van der Waals surface area contributed by atoms with Crippen LogP contribution in [0.2, 0.25) is 0 Å². The van der Waals surface area contributed by atoms with Gasteiger partial charge in [0.1, 0.15) is 17.3 Å². The maximum atomic E-state index is 6.04. The highest BCUT2D eigenvalue weighted by Gasteiger charge is 2.21. The molecule has 1 aromatic heterocycles. The van der Waals surface area contributed by atoms with Gasteiger partial charge in [-0.25, -0.2) is 0 Å². The molecule has 2 aromatic rings. The molecule has 1 aromatic carbocycles. The van der Waals surface area contributed by atoms with Crippen LogP contribution < -0.4 is 10.5 Å². The van der Waals surface area contributed by atoms with Crippen molar-refractivity contribution in [1.29, 1.82) is 0 Å². The van der Waals surface area contributed by atoms with Crippen molar-refractivity contribution in [2.24, 2.45) is 5.73 Å². The van der Waals surface area contributed by atoms with Crippen LogP contribution >= 0.6 is 0 Å². The van der Waals surface area contributed by atoms with E-state index in [0.29, 0.717) is 5.92 Å². The largest absolute Gasteiger partial charge is 0.481 e. The molecule has 21 heavy (non-hydrogen) atoms. The second-order valence-corrected chi connectivity index (χ2v) is 5.72. The van der Waals surface area contributed by atoms with Crippen LogP contribution in [0, 0.1) is 6.92 Å². The maximum absolute atomic E-state index is 6.04. The molecule has 0 fully saturated rings. The molecule has 114 valence electrons. The quantitative estimate of drug-likeness (QED) is 0.846. The number of nitrogens with two attached hydrogens (primary N) is 1. The molecule has 0 bridgehead atoms. The second kappa shape index (κ2) is 6.81. The smallest absolute Gasteiger partial charge is 0.171 e. The summed E-state index contributed by atoms with van der Waals surface area (Å²) in [7, 11) is 0. The molecule has 0 amide bonds. The fourth-order valence-electron chi connectivity index (χ4n) is 2.29. The molecule has 0 aliphatic rings. The lowest BCUT2D eigenvalue weighted by molar-refractivity contribution is 0.152. The first-order chi connectivity index (χ1) is 10.0. The van der Waals surface area contributed by atoms with Gasteiger partial charge in [0.15, 0.2) is 6.10 Å². The summed E-state index contributed by atoms with van der Waals surface area (Å²) in [5.74, 6) is 3.02. The predicted molar refractivity (Wildman–Crippen MR) is 85.6 cm³/mol. The van der Waals surface area contributed by atoms with E-state index in [9.17, 15) is 0 Å². The molecule has 3 unspecified atom stereocenters. The van der Waals surface area contributed by atoms with Gasteiger partial charge in [0.25, 0.3) is 0 Å². The van der Waals surface area contributed by atoms with Crippen molar-refractivity contribution in [3.8, 4) is 5.75 Å². The van der Waals surface area contributed by atoms with Crippen molar-refractivity contribution in [3.05, 3.63) is 53.5 Å². The number of hydrogen-bond acceptors (Lipinski definition) is 3. The molecule has 0 spiro atoms. The number of furan rings is 1. The standard InChI is InChI=1S/C18H25NO2/c1-5-12(2)15-7-9-16(10-8-15)21-18(14(4)19)17-11-6-13(3)20-17/h6-12,14,18H,5,19H2,1-4H3. The van der Waals surface area contributed by atoms with E-state index in [1.165, 1.54) is 5.56 Å². The number of aryl methyl sites for hydroxylation is 1. The summed E-state index contributed by atoms with van der Waals surface area (Å²) in [6.07, 6.45) is 0.863. The molecule has 3 nitrogen and oxygen atoms in total. The molecule has 3 heteroatoms. The predicted octanol–water partition coefficient (Wildman–Crippen LogP) is 4.57. The Morgan fingerprint density at radius 2 is 1.76 bits per heavy atom. The first-order valence-corrected chi connectivity index (χ1v) is 7.59. The minimum absolute atomic E-state index is 0.148. The monoisotopic (exact) mass is 287 g/mol. The van der Waals surface area contributed by atoms with E-state index in [2.05, 4.69) is 26.0 Å². The Bertz CT molecular complexity index is 557. The van der Waals surface area contributed by atoms with Crippen molar-refractivity contribution >= 4 is 0 Å². The highest BCUT2D eigenvalue weighted by molar-refractivity contribution is 5.30. The summed E-state index contributed by atoms with van der Waals surface area (Å²) in [5, 5.41) is 0. The second-order valence-electron chi connectivity index (χ2n) is 5.72. The molecule has 0 radical (unpaired) electrons. The van der Waals surface area contributed by atoms with Crippen LogP contribution in [0.3, 0.4) is 0 Å². The average molecular weight is 287 g/mol. The van der Waals surface area contributed by atoms with Crippen molar-refractivity contribution in [2.45, 2.75) is 52.2 Å². The fraction of sp³-hybridized carbons (Fsp3) is 0.444. The minimum atomic E-state index is -0.270. The van der Waals surface area contributed by atoms with Crippen LogP contribution in [0.5, 0.6) is 5.75 Å². The van der Waals surface area contributed by atoms with Crippen molar-refractivity contribution in [3.63, 3.8) is 0 Å². The first-order valence-electron chi connectivity index (χ1n) is 7.59. The molecule has 3 atom stereocenters. The number of benzene rings is 1. The third-order valence-electron chi connectivity index (χ3n) is 3.84. The molecule has 1 heterocycles. The van der Waals surface area contributed by atoms with Gasteiger partial charge in [-0.1, -0.05) is 26.0 Å². The minimum Gasteiger partial charge on any atom is -0.481 e. The number of hydrogen-bond donors (Lipinski definition) is 1. The molecule has 2 N–H and O–H groups in total. The lowest BCUT2D eigenvalue weighted by Crippen LogP contribution is -2.28. The summed E-state index contributed by atoms with van der Waals surface area (Å²) in [6.45, 7) is 8.27. The van der Waals surface area contributed by atoms with Gasteiger partial charge >= 0.3 is 0 Å². The summed E-state index contributed by atoms with van der Waals surface area (Å²) in [6, 6.07) is 12.0. The summed E-state index contributed by atoms with van der Waals surface area (Å²) in [4.78, 5) is 0. The van der Waals surface area contributed by atoms with Gasteiger partial charge < -0.3 is 14.9 Å². The van der Waals surface area contributed by atoms with Crippen LogP contribution in [0.25, 0.3) is 0 Å². The topological polar surface area (TPSA) is 48.4 Å². The van der Waals surface area contributed by atoms with Gasteiger partial charge in [-0.2, -0.15) is 0 Å². The SMILES string of the molecule is CCC(C)c1ccc(OC(c2ccc(C)o2)C(C)N)cc1. The molecule has 0 aliphatic carbocycles. The third kappa shape index (κ3) is 3.88. The molecule has 2 rings (SSSR count). The Labute approximate surface area is 127 Å². The van der Waals surface area contributed by atoms with E-state index >= 15 is 0 Å². The molecule has 0 saturated heterocycles. The normalized spacial score (nSPS) is 15.5. The molecular formula is C18H25NO2. The van der Waals surface area contributed by atoms with Crippen LogP contribution in [0.1, 0.15) is 56.3 Å². The molecule has 0 saturated carbocycles. The maximum Gasteiger partial charge on any atom is 0.171 e. The Morgan fingerprint density at radius 1 is 1.10 bits per heavy atom. The lowest BCUT2D eigenvalue weighted by Gasteiger charge is -2.21. The van der Waals surface area contributed by atoms with Gasteiger partial charge in [0.2, 0.25) is 0 Å². The zero-order chi connectivity index (χ0) is 15.4. The van der Waals surface area contributed by atoms with Crippen LogP contribution in [-0.2, 0) is 0 Å². The van der Waals surface area contributed by atoms with Gasteiger partial charge in [0, 0.05) is 6.04 Å². The van der Waals surface area contributed by atoms with E-state index in [4.69, 9.17) is 14.9 Å². The van der Waals surface area contributed by atoms with E-state index < -0.39 is 0 Å². The number of ether oxygens (including phenoxy) is 1. The summed E-state index contributed by atoms with van der Waals surface area (Å²) in [5.41, 5.74) is 7.37. The first kappa shape index (κ1) is 15.6. The van der Waals surface area contributed by atoms with E-state index in [0.717, 1.165) is 23.7 Å². The van der Waals surface area contributed by atoms with Crippen LogP contribution in [-0.4, -0.2) is 6.04 Å². The van der Waals surface area contributed by atoms with Crippen molar-refractivity contribution in [2.75, 3.05) is 0 Å². The van der Waals surface area contributed by atoms with Crippen LogP contribution in [0.4, 0.5) is 0 Å². The van der Waals surface area contributed by atoms with Gasteiger partial charge in [-0.05, 0) is 56.0 Å². The van der Waals surface area contributed by atoms with E-state index in [1.807, 2.05) is 38.1 Å². The van der Waals surface area contributed by atoms with Crippen molar-refractivity contribution < 1.29 is 9.15 Å². The van der Waals surface area contributed by atoms with E-state index in [1.54, 1.807) is 0 Å². The number of rotatable bonds is 6. The zero-order valence-electron chi connectivity index (χ0n) is 13.3. The average Bonchev–Trinajstić information content (AvgIpc) is 2.90. The Balaban J connectivity index is 2.14. The van der Waals surface area contributed by atoms with Crippen molar-refractivity contribution in [1.82, 2.24) is 0 Å². The summed E-state index contributed by atoms with van der Waals surface area (Å²) < 4.78 is 11.7. The Hall–Kier alpha value is -1.74. The van der Waals surface area contributed by atoms with Gasteiger partial charge in [0.05, 0.1) is 0 Å². The highest BCUT2D eigenvalue weighted by Crippen LogP contribution is 2.27.